The molecule has 3 saturated heterocycles. The third-order valence-electron chi connectivity index (χ3n) is 12.8. The van der Waals surface area contributed by atoms with E-state index >= 15 is 0 Å². The molecule has 3 aliphatic rings. The number of hydrazine groups is 1. The van der Waals surface area contributed by atoms with Crippen molar-refractivity contribution < 1.29 is 38.1 Å². The highest BCUT2D eigenvalue weighted by Gasteiger charge is 2.36. The van der Waals surface area contributed by atoms with E-state index in [2.05, 4.69) is 70.1 Å². The van der Waals surface area contributed by atoms with Crippen LogP contribution in [-0.2, 0) is 52.7 Å². The number of thiazole rings is 1. The Morgan fingerprint density at radius 1 is 1.02 bits per heavy atom. The predicted octanol–water partition coefficient (Wildman–Crippen LogP) is 7.07. The number of ether oxygens (including phenoxy) is 4. The van der Waals surface area contributed by atoms with Crippen molar-refractivity contribution in [2.24, 2.45) is 5.41 Å². The minimum absolute atomic E-state index is 0.0948. The number of carbonyl (C=O) groups excluding carboxylic acids is 4. The van der Waals surface area contributed by atoms with Crippen molar-refractivity contribution in [1.29, 1.82) is 0 Å². The quantitative estimate of drug-likeness (QED) is 0.0918. The van der Waals surface area contributed by atoms with Gasteiger partial charge in [-0.2, -0.15) is 0 Å². The molecule has 2 amide bonds. The van der Waals surface area contributed by atoms with Gasteiger partial charge in [-0.25, -0.2) is 15.2 Å². The van der Waals surface area contributed by atoms with Crippen LogP contribution in [0.4, 0.5) is 10.5 Å². The van der Waals surface area contributed by atoms with Crippen molar-refractivity contribution >= 4 is 51.9 Å². The summed E-state index contributed by atoms with van der Waals surface area (Å²) in [6.45, 7) is 20.6. The highest BCUT2D eigenvalue weighted by molar-refractivity contribution is 7.10. The number of nitrogens with zero attached hydrogens (tertiary/aromatic N) is 6. The Morgan fingerprint density at radius 3 is 2.50 bits per heavy atom. The van der Waals surface area contributed by atoms with E-state index in [1.807, 2.05) is 18.5 Å². The first-order valence-corrected chi connectivity index (χ1v) is 24.2. The van der Waals surface area contributed by atoms with Gasteiger partial charge in [-0.1, -0.05) is 19.9 Å². The van der Waals surface area contributed by atoms with Crippen LogP contribution in [0.2, 0.25) is 0 Å². The van der Waals surface area contributed by atoms with E-state index in [9.17, 15) is 19.2 Å². The van der Waals surface area contributed by atoms with Crippen molar-refractivity contribution in [3.63, 3.8) is 0 Å². The molecule has 3 fully saturated rings. The number of hydrogen-bond donors (Lipinski definition) is 2. The van der Waals surface area contributed by atoms with Gasteiger partial charge in [0.15, 0.2) is 0 Å². The highest BCUT2D eigenvalue weighted by Crippen LogP contribution is 2.43. The van der Waals surface area contributed by atoms with Gasteiger partial charge in [0.05, 0.1) is 53.8 Å². The first-order chi connectivity index (χ1) is 31.4. The fraction of sp³-hybridized carbons (Fsp3) is 0.592. The zero-order valence-electron chi connectivity index (χ0n) is 40.3. The van der Waals surface area contributed by atoms with Crippen LogP contribution in [0.1, 0.15) is 103 Å². The largest absolute Gasteiger partial charge is 0.468 e. The lowest BCUT2D eigenvalue weighted by Gasteiger charge is -2.39. The Bertz CT molecular complexity index is 2410. The zero-order valence-corrected chi connectivity index (χ0v) is 41.1. The summed E-state index contributed by atoms with van der Waals surface area (Å²) in [6.07, 6.45) is 5.23. The third-order valence-corrected chi connectivity index (χ3v) is 13.7. The normalized spacial score (nSPS) is 19.1. The number of alkyl carbamates (subject to hydrolysis) is 1. The minimum Gasteiger partial charge on any atom is -0.468 e. The molecule has 4 aromatic rings. The van der Waals surface area contributed by atoms with Gasteiger partial charge in [-0.15, -0.1) is 11.3 Å². The van der Waals surface area contributed by atoms with Crippen molar-refractivity contribution in [1.82, 2.24) is 35.2 Å². The number of fused-ring (bicyclic) bond motifs is 2. The van der Waals surface area contributed by atoms with Crippen LogP contribution >= 0.6 is 11.3 Å². The highest BCUT2D eigenvalue weighted by atomic mass is 32.1. The van der Waals surface area contributed by atoms with Crippen LogP contribution in [0.25, 0.3) is 33.4 Å². The number of pyridine rings is 1. The molecule has 0 spiro atoms. The molecule has 1 aromatic carbocycles. The Labute approximate surface area is 392 Å². The number of benzene rings is 1. The van der Waals surface area contributed by atoms with E-state index in [0.29, 0.717) is 43.4 Å². The average Bonchev–Trinajstić information content (AvgIpc) is 4.04. The number of esters is 2. The monoisotopic (exact) mass is 928 g/mol. The standard InChI is InChI=1S/C49H68N8O8S/c1-11-56-41-17-16-32(40-28-66-42(51-40)24-39(52-47(61)65-48(4,5)6)45(59)57-19-13-15-38(53-57)46(60)63-10)22-35(41)37(25-49(7,8)29-64-31(3)58)44(56)36-23-34(26-50-43(36)30(2)62-9)55-21-20-54-18-12-14-33(54)27-55/h16-17,22-23,26,28,30,33,38-39,53H,11-15,18-21,24-25,27,29H2,1-10H3,(H,52,61)/t30-,33+,38-,39-/m0/s1. The molecule has 6 heterocycles. The van der Waals surface area contributed by atoms with E-state index < -0.39 is 41.1 Å². The Hall–Kier alpha value is -5.10. The summed E-state index contributed by atoms with van der Waals surface area (Å²) in [4.78, 5) is 67.1. The number of piperazine rings is 1. The second-order valence-corrected chi connectivity index (χ2v) is 20.5. The van der Waals surface area contributed by atoms with Gasteiger partial charge < -0.3 is 33.7 Å². The molecule has 2 N–H and O–H groups in total. The van der Waals surface area contributed by atoms with Gasteiger partial charge in [-0.05, 0) is 97.0 Å². The zero-order chi connectivity index (χ0) is 47.5. The van der Waals surface area contributed by atoms with Gasteiger partial charge >= 0.3 is 18.0 Å². The number of aryl methyl sites for hydroxylation is 1. The van der Waals surface area contributed by atoms with Crippen LogP contribution in [0.5, 0.6) is 0 Å². The summed E-state index contributed by atoms with van der Waals surface area (Å²) in [5, 5.41) is 7.82. The smallest absolute Gasteiger partial charge is 0.408 e. The maximum atomic E-state index is 14.1. The molecule has 3 aliphatic heterocycles. The fourth-order valence-electron chi connectivity index (χ4n) is 9.52. The molecule has 17 heteroatoms. The number of methoxy groups -OCH3 is 2. The van der Waals surface area contributed by atoms with Crippen molar-refractivity contribution in [2.75, 3.05) is 58.5 Å². The molecule has 66 heavy (non-hydrogen) atoms. The van der Waals surface area contributed by atoms with Crippen molar-refractivity contribution in [3.8, 4) is 22.5 Å². The Morgan fingerprint density at radius 2 is 1.79 bits per heavy atom. The molecule has 0 radical (unpaired) electrons. The summed E-state index contributed by atoms with van der Waals surface area (Å²) in [5.41, 5.74) is 9.56. The Kier molecular flexibility index (Phi) is 15.1. The molecule has 0 bridgehead atoms. The van der Waals surface area contributed by atoms with Crippen molar-refractivity contribution in [2.45, 2.75) is 130 Å². The Balaban J connectivity index is 1.28. The number of rotatable bonds is 15. The van der Waals surface area contributed by atoms with Crippen LogP contribution < -0.4 is 15.6 Å². The van der Waals surface area contributed by atoms with Gasteiger partial charge in [0.25, 0.3) is 5.91 Å². The lowest BCUT2D eigenvalue weighted by molar-refractivity contribution is -0.150. The molecule has 0 unspecified atom stereocenters. The molecule has 16 nitrogen and oxygen atoms in total. The van der Waals surface area contributed by atoms with Crippen LogP contribution in [0.15, 0.2) is 35.8 Å². The van der Waals surface area contributed by atoms with E-state index in [4.69, 9.17) is 28.9 Å². The van der Waals surface area contributed by atoms with Gasteiger partial charge in [-0.3, -0.25) is 29.3 Å². The molecular formula is C49H68N8O8S. The molecule has 0 saturated carbocycles. The fourth-order valence-corrected chi connectivity index (χ4v) is 10.4. The number of nitrogens with one attached hydrogen (secondary N) is 2. The van der Waals surface area contributed by atoms with Gasteiger partial charge in [0.1, 0.15) is 17.7 Å². The summed E-state index contributed by atoms with van der Waals surface area (Å²) >= 11 is 1.40. The van der Waals surface area contributed by atoms with Crippen LogP contribution in [0.3, 0.4) is 0 Å². The second kappa shape index (κ2) is 20.4. The summed E-state index contributed by atoms with van der Waals surface area (Å²) in [7, 11) is 3.03. The number of aromatic nitrogens is 3. The molecule has 0 aliphatic carbocycles. The lowest BCUT2D eigenvalue weighted by atomic mass is 9.84. The topological polar surface area (TPSA) is 170 Å². The number of anilines is 1. The van der Waals surface area contributed by atoms with Gasteiger partial charge in [0.2, 0.25) is 0 Å². The van der Waals surface area contributed by atoms with Crippen LogP contribution in [0, 0.1) is 5.41 Å². The SMILES string of the molecule is CCn1c(-c2cc(N3CCN4CCC[C@@H]4C3)cnc2[C@H](C)OC)c(CC(C)(C)COC(C)=O)c2cc(-c3csc(C[C@H](NC(=O)OC(C)(C)C)C(=O)N4CCC[C@@H](C(=O)OC)N4)n3)ccc21. The first kappa shape index (κ1) is 48.8. The molecule has 4 atom stereocenters. The molecule has 7 rings (SSSR count). The average molecular weight is 929 g/mol. The molecule has 3 aromatic heterocycles. The van der Waals surface area contributed by atoms with Crippen LogP contribution in [-0.4, -0.2) is 126 Å². The summed E-state index contributed by atoms with van der Waals surface area (Å²) in [5.74, 6) is -1.20. The van der Waals surface area contributed by atoms with E-state index in [0.717, 1.165) is 70.0 Å². The predicted molar refractivity (Wildman–Crippen MR) is 255 cm³/mol. The van der Waals surface area contributed by atoms with Gasteiger partial charge in [0, 0.05) is 92.0 Å². The lowest BCUT2D eigenvalue weighted by Crippen LogP contribution is -2.60. The maximum absolute atomic E-state index is 14.1. The summed E-state index contributed by atoms with van der Waals surface area (Å²) < 4.78 is 24.5. The first-order valence-electron chi connectivity index (χ1n) is 23.3. The van der Waals surface area contributed by atoms with Crippen molar-refractivity contribution in [3.05, 3.63) is 52.1 Å². The molecule has 358 valence electrons. The summed E-state index contributed by atoms with van der Waals surface area (Å²) in [6, 6.07) is 7.54. The second-order valence-electron chi connectivity index (χ2n) is 19.6. The molecular weight excluding hydrogens is 861 g/mol. The minimum atomic E-state index is -1.03. The van der Waals surface area contributed by atoms with E-state index in [-0.39, 0.29) is 25.1 Å². The van der Waals surface area contributed by atoms with E-state index in [1.54, 1.807) is 27.9 Å². The maximum Gasteiger partial charge on any atom is 0.408 e. The van der Waals surface area contributed by atoms with E-state index in [1.165, 1.54) is 49.8 Å². The number of carbonyl (C=O) groups is 4. The number of amides is 2. The number of hydrogen-bond acceptors (Lipinski definition) is 14. The third kappa shape index (κ3) is 11.2.